The van der Waals surface area contributed by atoms with Crippen LogP contribution in [0.5, 0.6) is 0 Å². The zero-order chi connectivity index (χ0) is 22.5. The lowest BCUT2D eigenvalue weighted by Crippen LogP contribution is -2.23. The average Bonchev–Trinajstić information content (AvgIpc) is 3.16. The quantitative estimate of drug-likeness (QED) is 0.463. The van der Waals surface area contributed by atoms with Crippen LogP contribution in [0.15, 0.2) is 61.1 Å². The molecule has 10 heteroatoms. The van der Waals surface area contributed by atoms with Gasteiger partial charge in [0.1, 0.15) is 23.7 Å². The molecule has 32 heavy (non-hydrogen) atoms. The third kappa shape index (κ3) is 4.91. The van der Waals surface area contributed by atoms with E-state index >= 15 is 0 Å². The number of nitrogens with zero attached hydrogens (tertiary/aromatic N) is 5. The maximum absolute atomic E-state index is 13.3. The van der Waals surface area contributed by atoms with Gasteiger partial charge in [0.25, 0.3) is 5.91 Å². The molecule has 0 atom stereocenters. The van der Waals surface area contributed by atoms with E-state index in [4.69, 9.17) is 0 Å². The van der Waals surface area contributed by atoms with Crippen molar-refractivity contribution < 1.29 is 13.6 Å². The summed E-state index contributed by atoms with van der Waals surface area (Å²) in [6.45, 7) is 0.387. The highest BCUT2D eigenvalue weighted by atomic mass is 19.1. The van der Waals surface area contributed by atoms with Crippen LogP contribution in [0.1, 0.15) is 21.7 Å². The molecule has 1 amide bonds. The van der Waals surface area contributed by atoms with Crippen LogP contribution >= 0.6 is 0 Å². The molecule has 0 bridgehead atoms. The van der Waals surface area contributed by atoms with Crippen LogP contribution in [0.25, 0.3) is 11.5 Å². The van der Waals surface area contributed by atoms with Gasteiger partial charge >= 0.3 is 0 Å². The van der Waals surface area contributed by atoms with Crippen LogP contribution in [0.4, 0.5) is 14.5 Å². The monoisotopic (exact) mass is 435 g/mol. The Kier molecular flexibility index (Phi) is 6.11. The van der Waals surface area contributed by atoms with E-state index < -0.39 is 11.6 Å². The maximum atomic E-state index is 13.3. The number of halogens is 2. The molecule has 0 aliphatic carbocycles. The van der Waals surface area contributed by atoms with Crippen LogP contribution in [0.3, 0.4) is 0 Å². The molecule has 0 spiro atoms. The predicted octanol–water partition coefficient (Wildman–Crippen LogP) is 3.09. The van der Waals surface area contributed by atoms with Crippen molar-refractivity contribution in [1.82, 2.24) is 30.0 Å². The van der Waals surface area contributed by atoms with Crippen molar-refractivity contribution in [2.45, 2.75) is 13.1 Å². The lowest BCUT2D eigenvalue weighted by molar-refractivity contribution is 0.0951. The minimum atomic E-state index is -0.688. The van der Waals surface area contributed by atoms with Crippen molar-refractivity contribution in [3.63, 3.8) is 0 Å². The van der Waals surface area contributed by atoms with Crippen LogP contribution < -0.4 is 10.6 Å². The van der Waals surface area contributed by atoms with Crippen LogP contribution in [0, 0.1) is 11.6 Å². The lowest BCUT2D eigenvalue weighted by Gasteiger charge is -2.10. The number of anilines is 1. The lowest BCUT2D eigenvalue weighted by atomic mass is 10.1. The minimum absolute atomic E-state index is 0.00985. The molecule has 0 aliphatic rings. The molecule has 162 valence electrons. The second-order valence-electron chi connectivity index (χ2n) is 6.99. The molecule has 0 fully saturated rings. The zero-order valence-electron chi connectivity index (χ0n) is 17.1. The maximum Gasteiger partial charge on any atom is 0.251 e. The fourth-order valence-electron chi connectivity index (χ4n) is 3.11. The van der Waals surface area contributed by atoms with Gasteiger partial charge in [-0.3, -0.25) is 4.79 Å². The molecular formula is C22H19F2N7O. The third-order valence-corrected chi connectivity index (χ3v) is 4.73. The third-order valence-electron chi connectivity index (χ3n) is 4.73. The largest absolute Gasteiger partial charge is 0.378 e. The fourth-order valence-corrected chi connectivity index (χ4v) is 3.11. The van der Waals surface area contributed by atoms with Crippen LogP contribution in [-0.2, 0) is 20.1 Å². The molecule has 0 radical (unpaired) electrons. The molecule has 2 aromatic carbocycles. The number of amides is 1. The fraction of sp³-hybridized carbons (Fsp3) is 0.136. The van der Waals surface area contributed by atoms with E-state index in [9.17, 15) is 13.6 Å². The normalized spacial score (nSPS) is 10.7. The number of rotatable bonds is 7. The van der Waals surface area contributed by atoms with Gasteiger partial charge in [-0.05, 0) is 42.0 Å². The van der Waals surface area contributed by atoms with Crippen molar-refractivity contribution >= 4 is 11.6 Å². The van der Waals surface area contributed by atoms with Crippen LogP contribution in [-0.4, -0.2) is 30.6 Å². The Bertz CT molecular complexity index is 1220. The summed E-state index contributed by atoms with van der Waals surface area (Å²) in [5, 5.41) is 14.2. The first kappa shape index (κ1) is 21.0. The van der Waals surface area contributed by atoms with Gasteiger partial charge in [-0.2, -0.15) is 0 Å². The number of carbonyl (C=O) groups excluding carboxylic acids is 1. The first-order valence-corrected chi connectivity index (χ1v) is 9.71. The summed E-state index contributed by atoms with van der Waals surface area (Å²) in [6, 6.07) is 11.8. The van der Waals surface area contributed by atoms with E-state index in [1.807, 2.05) is 17.7 Å². The summed E-state index contributed by atoms with van der Waals surface area (Å²) in [5.41, 5.74) is 2.12. The highest BCUT2D eigenvalue weighted by molar-refractivity contribution is 5.95. The topological polar surface area (TPSA) is 97.6 Å². The molecule has 2 aromatic heterocycles. The molecule has 2 N–H and O–H groups in total. The second-order valence-corrected chi connectivity index (χ2v) is 6.99. The molecule has 2 heterocycles. The SMILES string of the molecule is Cn1c(CNc2cccc(C(=O)NCc3cc(F)cc(F)c3)c2)nnc1-c1ccncn1. The predicted molar refractivity (Wildman–Crippen MR) is 113 cm³/mol. The molecule has 0 saturated carbocycles. The number of aromatic nitrogens is 5. The summed E-state index contributed by atoms with van der Waals surface area (Å²) in [7, 11) is 1.84. The molecular weight excluding hydrogens is 416 g/mol. The molecule has 4 rings (SSSR count). The smallest absolute Gasteiger partial charge is 0.251 e. The van der Waals surface area contributed by atoms with Gasteiger partial charge in [0.15, 0.2) is 11.6 Å². The van der Waals surface area contributed by atoms with Crippen molar-refractivity contribution in [3.05, 3.63) is 89.6 Å². The summed E-state index contributed by atoms with van der Waals surface area (Å²) >= 11 is 0. The van der Waals surface area contributed by atoms with E-state index in [0.717, 1.165) is 6.07 Å². The van der Waals surface area contributed by atoms with E-state index in [-0.39, 0.29) is 12.5 Å². The van der Waals surface area contributed by atoms with Gasteiger partial charge in [-0.25, -0.2) is 18.7 Å². The van der Waals surface area contributed by atoms with E-state index in [2.05, 4.69) is 30.8 Å². The zero-order valence-corrected chi connectivity index (χ0v) is 17.1. The first-order valence-electron chi connectivity index (χ1n) is 9.71. The number of nitrogens with one attached hydrogen (secondary N) is 2. The summed E-state index contributed by atoms with van der Waals surface area (Å²) in [4.78, 5) is 20.5. The first-order chi connectivity index (χ1) is 15.5. The Hall–Kier alpha value is -4.21. The van der Waals surface area contributed by atoms with Crippen molar-refractivity contribution in [1.29, 1.82) is 0 Å². The molecule has 0 unspecified atom stereocenters. The molecule has 0 aliphatic heterocycles. The summed E-state index contributed by atoms with van der Waals surface area (Å²) in [5.74, 6) is -0.435. The Labute approximate surface area is 182 Å². The van der Waals surface area contributed by atoms with Gasteiger partial charge in [-0.15, -0.1) is 10.2 Å². The van der Waals surface area contributed by atoms with Gasteiger partial charge in [-0.1, -0.05) is 6.07 Å². The summed E-state index contributed by atoms with van der Waals surface area (Å²) in [6.07, 6.45) is 3.08. The van der Waals surface area contributed by atoms with E-state index in [1.165, 1.54) is 18.5 Å². The van der Waals surface area contributed by atoms with Gasteiger partial charge in [0.05, 0.1) is 6.54 Å². The Balaban J connectivity index is 1.39. The molecule has 4 aromatic rings. The highest BCUT2D eigenvalue weighted by Crippen LogP contribution is 2.16. The number of benzene rings is 2. The van der Waals surface area contributed by atoms with Crippen molar-refractivity contribution in [3.8, 4) is 11.5 Å². The second kappa shape index (κ2) is 9.29. The van der Waals surface area contributed by atoms with Crippen molar-refractivity contribution in [2.75, 3.05) is 5.32 Å². The standard InChI is InChI=1S/C22H19F2N7O/c1-31-20(29-30-21(31)19-5-6-25-13-28-19)12-26-18-4-2-3-15(9-18)22(32)27-11-14-7-16(23)10-17(24)8-14/h2-10,13,26H,11-12H2,1H3,(H,27,32). The van der Waals surface area contributed by atoms with Gasteiger partial charge < -0.3 is 15.2 Å². The minimum Gasteiger partial charge on any atom is -0.378 e. The van der Waals surface area contributed by atoms with Crippen LogP contribution in [0.2, 0.25) is 0 Å². The average molecular weight is 435 g/mol. The Morgan fingerprint density at radius 2 is 1.84 bits per heavy atom. The summed E-state index contributed by atoms with van der Waals surface area (Å²) < 4.78 is 28.4. The molecule has 0 saturated heterocycles. The number of hydrogen-bond acceptors (Lipinski definition) is 6. The molecule has 8 nitrogen and oxygen atoms in total. The van der Waals surface area contributed by atoms with E-state index in [0.29, 0.717) is 40.7 Å². The van der Waals surface area contributed by atoms with E-state index in [1.54, 1.807) is 30.5 Å². The van der Waals surface area contributed by atoms with Gasteiger partial charge in [0.2, 0.25) is 0 Å². The number of hydrogen-bond donors (Lipinski definition) is 2. The van der Waals surface area contributed by atoms with Crippen molar-refractivity contribution in [2.24, 2.45) is 7.05 Å². The highest BCUT2D eigenvalue weighted by Gasteiger charge is 2.12. The Morgan fingerprint density at radius 3 is 2.59 bits per heavy atom. The van der Waals surface area contributed by atoms with Gasteiger partial charge in [0, 0.05) is 37.1 Å². The Morgan fingerprint density at radius 1 is 1.03 bits per heavy atom. The number of carbonyl (C=O) groups is 1.